The summed E-state index contributed by atoms with van der Waals surface area (Å²) in [5.74, 6) is 1.30. The molecular formula is C24H26N2O4. The molecule has 0 aliphatic rings. The van der Waals surface area contributed by atoms with E-state index in [0.29, 0.717) is 47.4 Å². The number of carbonyl (C=O) groups is 2. The first-order valence-corrected chi connectivity index (χ1v) is 9.96. The van der Waals surface area contributed by atoms with Gasteiger partial charge in [-0.25, -0.2) is 0 Å². The molecule has 3 rings (SSSR count). The first-order chi connectivity index (χ1) is 14.5. The number of nitrogens with one attached hydrogen (secondary N) is 2. The van der Waals surface area contributed by atoms with Gasteiger partial charge in [-0.3, -0.25) is 9.59 Å². The second kappa shape index (κ2) is 10.3. The Labute approximate surface area is 176 Å². The summed E-state index contributed by atoms with van der Waals surface area (Å²) in [5, 5.41) is 5.64. The van der Waals surface area contributed by atoms with Crippen LogP contribution in [0.4, 0.5) is 5.69 Å². The molecule has 2 amide bonds. The van der Waals surface area contributed by atoms with E-state index in [1.165, 1.54) is 0 Å². The first-order valence-electron chi connectivity index (χ1n) is 9.96. The molecule has 0 saturated heterocycles. The van der Waals surface area contributed by atoms with E-state index in [9.17, 15) is 9.59 Å². The highest BCUT2D eigenvalue weighted by Gasteiger charge is 2.13. The Morgan fingerprint density at radius 2 is 1.73 bits per heavy atom. The van der Waals surface area contributed by atoms with Crippen LogP contribution in [0.3, 0.4) is 0 Å². The number of furan rings is 1. The largest absolute Gasteiger partial charge is 0.493 e. The van der Waals surface area contributed by atoms with Gasteiger partial charge >= 0.3 is 0 Å². The van der Waals surface area contributed by atoms with E-state index in [0.717, 1.165) is 6.42 Å². The lowest BCUT2D eigenvalue weighted by molar-refractivity contribution is 0.0947. The van der Waals surface area contributed by atoms with E-state index in [2.05, 4.69) is 24.5 Å². The van der Waals surface area contributed by atoms with E-state index in [4.69, 9.17) is 9.15 Å². The van der Waals surface area contributed by atoms with Gasteiger partial charge in [0.25, 0.3) is 11.8 Å². The summed E-state index contributed by atoms with van der Waals surface area (Å²) in [5.41, 5.74) is 1.57. The average molecular weight is 406 g/mol. The Kier molecular flexibility index (Phi) is 7.27. The summed E-state index contributed by atoms with van der Waals surface area (Å²) in [4.78, 5) is 24.9. The Bertz CT molecular complexity index is 963. The van der Waals surface area contributed by atoms with Crippen LogP contribution in [-0.4, -0.2) is 18.4 Å². The molecule has 0 bridgehead atoms. The molecule has 0 atom stereocenters. The number of rotatable bonds is 9. The summed E-state index contributed by atoms with van der Waals surface area (Å²) in [6.45, 7) is 5.13. The number of para-hydroxylation sites is 1. The smallest absolute Gasteiger partial charge is 0.259 e. The van der Waals surface area contributed by atoms with Crippen molar-refractivity contribution in [3.05, 3.63) is 83.8 Å². The van der Waals surface area contributed by atoms with Gasteiger partial charge in [0.15, 0.2) is 0 Å². The molecule has 3 aromatic rings. The molecule has 0 aliphatic heterocycles. The van der Waals surface area contributed by atoms with Gasteiger partial charge in [0.2, 0.25) is 0 Å². The van der Waals surface area contributed by atoms with Crippen molar-refractivity contribution < 1.29 is 18.7 Å². The molecule has 0 unspecified atom stereocenters. The predicted octanol–water partition coefficient (Wildman–Crippen LogP) is 4.89. The third-order valence-electron chi connectivity index (χ3n) is 4.49. The summed E-state index contributed by atoms with van der Waals surface area (Å²) in [6.07, 6.45) is 2.48. The average Bonchev–Trinajstić information content (AvgIpc) is 3.26. The zero-order valence-corrected chi connectivity index (χ0v) is 17.2. The molecule has 0 saturated carbocycles. The van der Waals surface area contributed by atoms with Crippen LogP contribution in [0.2, 0.25) is 0 Å². The van der Waals surface area contributed by atoms with Gasteiger partial charge in [0, 0.05) is 11.3 Å². The van der Waals surface area contributed by atoms with Gasteiger partial charge in [0.05, 0.1) is 25.0 Å². The number of hydrogen-bond donors (Lipinski definition) is 2. The van der Waals surface area contributed by atoms with Crippen LogP contribution in [-0.2, 0) is 6.54 Å². The zero-order valence-electron chi connectivity index (χ0n) is 17.2. The highest BCUT2D eigenvalue weighted by molar-refractivity contribution is 6.06. The molecule has 1 aromatic heterocycles. The molecule has 156 valence electrons. The van der Waals surface area contributed by atoms with E-state index < -0.39 is 0 Å². The SMILES string of the molecule is CC(C)CCOc1ccccc1C(=O)Nc1ccc(C(=O)NCc2ccco2)cc1. The third kappa shape index (κ3) is 5.98. The van der Waals surface area contributed by atoms with Crippen LogP contribution < -0.4 is 15.4 Å². The number of amides is 2. The van der Waals surface area contributed by atoms with Crippen LogP contribution in [0.15, 0.2) is 71.3 Å². The van der Waals surface area contributed by atoms with Crippen molar-refractivity contribution in [2.24, 2.45) is 5.92 Å². The van der Waals surface area contributed by atoms with Gasteiger partial charge in [-0.15, -0.1) is 0 Å². The molecule has 1 heterocycles. The minimum Gasteiger partial charge on any atom is -0.493 e. The van der Waals surface area contributed by atoms with Crippen LogP contribution in [0.1, 0.15) is 46.7 Å². The Hall–Kier alpha value is -3.54. The van der Waals surface area contributed by atoms with Crippen LogP contribution in [0, 0.1) is 5.92 Å². The molecule has 30 heavy (non-hydrogen) atoms. The van der Waals surface area contributed by atoms with Crippen molar-refractivity contribution in [1.82, 2.24) is 5.32 Å². The predicted molar refractivity (Wildman–Crippen MR) is 116 cm³/mol. The van der Waals surface area contributed by atoms with Crippen molar-refractivity contribution in [3.63, 3.8) is 0 Å². The Morgan fingerprint density at radius 3 is 2.43 bits per heavy atom. The molecular weight excluding hydrogens is 380 g/mol. The number of benzene rings is 2. The molecule has 0 radical (unpaired) electrons. The second-order valence-electron chi connectivity index (χ2n) is 7.32. The molecule has 2 N–H and O–H groups in total. The van der Waals surface area contributed by atoms with E-state index in [1.54, 1.807) is 60.9 Å². The molecule has 0 spiro atoms. The van der Waals surface area contributed by atoms with Gasteiger partial charge in [-0.05, 0) is 60.9 Å². The van der Waals surface area contributed by atoms with Crippen molar-refractivity contribution in [2.45, 2.75) is 26.8 Å². The van der Waals surface area contributed by atoms with Gasteiger partial charge < -0.3 is 19.8 Å². The zero-order chi connectivity index (χ0) is 21.3. The highest BCUT2D eigenvalue weighted by Crippen LogP contribution is 2.21. The normalized spacial score (nSPS) is 10.6. The van der Waals surface area contributed by atoms with Crippen molar-refractivity contribution in [3.8, 4) is 5.75 Å². The van der Waals surface area contributed by atoms with Crippen LogP contribution in [0.5, 0.6) is 5.75 Å². The topological polar surface area (TPSA) is 80.6 Å². The minimum atomic E-state index is -0.259. The number of carbonyl (C=O) groups excluding carboxylic acids is 2. The van der Waals surface area contributed by atoms with Gasteiger partial charge in [0.1, 0.15) is 11.5 Å². The lowest BCUT2D eigenvalue weighted by atomic mass is 10.1. The number of hydrogen-bond acceptors (Lipinski definition) is 4. The fourth-order valence-corrected chi connectivity index (χ4v) is 2.77. The molecule has 6 heteroatoms. The van der Waals surface area contributed by atoms with Crippen molar-refractivity contribution in [2.75, 3.05) is 11.9 Å². The maximum absolute atomic E-state index is 12.7. The maximum Gasteiger partial charge on any atom is 0.259 e. The lowest BCUT2D eigenvalue weighted by Crippen LogP contribution is -2.22. The Balaban J connectivity index is 1.58. The number of ether oxygens (including phenoxy) is 1. The van der Waals surface area contributed by atoms with Crippen LogP contribution >= 0.6 is 0 Å². The molecule has 0 aliphatic carbocycles. The maximum atomic E-state index is 12.7. The summed E-state index contributed by atoms with van der Waals surface area (Å²) < 4.78 is 11.0. The monoisotopic (exact) mass is 406 g/mol. The molecule has 0 fully saturated rings. The third-order valence-corrected chi connectivity index (χ3v) is 4.49. The lowest BCUT2D eigenvalue weighted by Gasteiger charge is -2.13. The summed E-state index contributed by atoms with van der Waals surface area (Å²) in [7, 11) is 0. The molecule has 6 nitrogen and oxygen atoms in total. The fraction of sp³-hybridized carbons (Fsp3) is 0.250. The van der Waals surface area contributed by atoms with E-state index >= 15 is 0 Å². The first kappa shape index (κ1) is 21.2. The standard InChI is InChI=1S/C24H26N2O4/c1-17(2)13-15-30-22-8-4-3-7-21(22)24(28)26-19-11-9-18(10-12-19)23(27)25-16-20-6-5-14-29-20/h3-12,14,17H,13,15-16H2,1-2H3,(H,25,27)(H,26,28). The Morgan fingerprint density at radius 1 is 0.967 bits per heavy atom. The van der Waals surface area contributed by atoms with Crippen LogP contribution in [0.25, 0.3) is 0 Å². The second-order valence-corrected chi connectivity index (χ2v) is 7.32. The van der Waals surface area contributed by atoms with E-state index in [1.807, 2.05) is 6.07 Å². The number of anilines is 1. The molecule has 2 aromatic carbocycles. The van der Waals surface area contributed by atoms with Crippen molar-refractivity contribution in [1.29, 1.82) is 0 Å². The van der Waals surface area contributed by atoms with Crippen molar-refractivity contribution >= 4 is 17.5 Å². The highest BCUT2D eigenvalue weighted by atomic mass is 16.5. The quantitative estimate of drug-likeness (QED) is 0.530. The van der Waals surface area contributed by atoms with Gasteiger partial charge in [-0.1, -0.05) is 26.0 Å². The van der Waals surface area contributed by atoms with Gasteiger partial charge in [-0.2, -0.15) is 0 Å². The van der Waals surface area contributed by atoms with E-state index in [-0.39, 0.29) is 11.8 Å². The minimum absolute atomic E-state index is 0.215. The summed E-state index contributed by atoms with van der Waals surface area (Å²) >= 11 is 0. The fourth-order valence-electron chi connectivity index (χ4n) is 2.77. The summed E-state index contributed by atoms with van der Waals surface area (Å²) in [6, 6.07) is 17.5.